The fourth-order valence-electron chi connectivity index (χ4n) is 2.89. The van der Waals surface area contributed by atoms with Gasteiger partial charge in [-0.15, -0.1) is 0 Å². The van der Waals surface area contributed by atoms with Crippen molar-refractivity contribution in [2.45, 2.75) is 33.1 Å². The van der Waals surface area contributed by atoms with Crippen LogP contribution >= 0.6 is 0 Å². The van der Waals surface area contributed by atoms with Gasteiger partial charge in [-0.05, 0) is 49.9 Å². The van der Waals surface area contributed by atoms with Crippen LogP contribution in [-0.4, -0.2) is 35.0 Å². The molecule has 1 aromatic rings. The van der Waals surface area contributed by atoms with Gasteiger partial charge in [0, 0.05) is 18.7 Å². The van der Waals surface area contributed by atoms with Gasteiger partial charge in [0.05, 0.1) is 5.41 Å². The van der Waals surface area contributed by atoms with Gasteiger partial charge in [-0.2, -0.15) is 0 Å². The number of hydrogen-bond acceptors (Lipinski definition) is 2. The maximum absolute atomic E-state index is 13.1. The fourth-order valence-corrected chi connectivity index (χ4v) is 2.89. The van der Waals surface area contributed by atoms with Crippen LogP contribution in [0.5, 0.6) is 0 Å². The third kappa shape index (κ3) is 2.91. The number of amides is 1. The molecule has 0 atom stereocenters. The summed E-state index contributed by atoms with van der Waals surface area (Å²) in [6.45, 7) is 4.43. The van der Waals surface area contributed by atoms with E-state index in [9.17, 15) is 19.1 Å². The van der Waals surface area contributed by atoms with E-state index >= 15 is 0 Å². The van der Waals surface area contributed by atoms with E-state index in [2.05, 4.69) is 0 Å². The quantitative estimate of drug-likeness (QED) is 0.932. The minimum Gasteiger partial charge on any atom is -0.481 e. The molecule has 0 unspecified atom stereocenters. The van der Waals surface area contributed by atoms with Crippen LogP contribution in [0.2, 0.25) is 0 Å². The molecule has 0 bridgehead atoms. The van der Waals surface area contributed by atoms with E-state index in [1.807, 2.05) is 6.92 Å². The molecule has 1 aromatic carbocycles. The van der Waals surface area contributed by atoms with Crippen LogP contribution in [-0.2, 0) is 4.79 Å². The SMILES string of the molecule is CCC1(C(=O)O)CCN(C(=O)c2ccc(F)cc2C)CC1. The molecule has 2 rings (SSSR count). The molecular formula is C16H20FNO3. The number of carbonyl (C=O) groups excluding carboxylic acids is 1. The zero-order valence-corrected chi connectivity index (χ0v) is 12.4. The average molecular weight is 293 g/mol. The minimum atomic E-state index is -0.782. The molecule has 1 aliphatic rings. The summed E-state index contributed by atoms with van der Waals surface area (Å²) in [4.78, 5) is 25.5. The molecule has 0 radical (unpaired) electrons. The van der Waals surface area contributed by atoms with Crippen LogP contribution in [0.4, 0.5) is 4.39 Å². The normalized spacial score (nSPS) is 17.6. The van der Waals surface area contributed by atoms with Gasteiger partial charge >= 0.3 is 5.97 Å². The summed E-state index contributed by atoms with van der Waals surface area (Å²) in [5.74, 6) is -1.30. The van der Waals surface area contributed by atoms with Gasteiger partial charge in [0.1, 0.15) is 5.82 Å². The number of aliphatic carboxylic acids is 1. The maximum Gasteiger partial charge on any atom is 0.309 e. The summed E-state index contributed by atoms with van der Waals surface area (Å²) in [5, 5.41) is 9.36. The number of aryl methyl sites for hydroxylation is 1. The predicted molar refractivity (Wildman–Crippen MR) is 76.6 cm³/mol. The van der Waals surface area contributed by atoms with Gasteiger partial charge in [-0.25, -0.2) is 4.39 Å². The topological polar surface area (TPSA) is 57.6 Å². The Hall–Kier alpha value is -1.91. The second kappa shape index (κ2) is 5.84. The largest absolute Gasteiger partial charge is 0.481 e. The van der Waals surface area contributed by atoms with Crippen molar-refractivity contribution in [3.05, 3.63) is 35.1 Å². The fraction of sp³-hybridized carbons (Fsp3) is 0.500. The Kier molecular flexibility index (Phi) is 4.30. The Morgan fingerprint density at radius 3 is 2.43 bits per heavy atom. The third-order valence-corrected chi connectivity index (χ3v) is 4.56. The maximum atomic E-state index is 13.1. The number of rotatable bonds is 3. The van der Waals surface area contributed by atoms with Crippen LogP contribution in [0, 0.1) is 18.2 Å². The van der Waals surface area contributed by atoms with Crippen LogP contribution < -0.4 is 0 Å². The molecule has 1 aliphatic heterocycles. The van der Waals surface area contributed by atoms with E-state index in [0.29, 0.717) is 43.5 Å². The molecule has 0 spiro atoms. The number of nitrogens with zero attached hydrogens (tertiary/aromatic N) is 1. The Bertz CT molecular complexity index is 563. The summed E-state index contributed by atoms with van der Waals surface area (Å²) < 4.78 is 13.1. The van der Waals surface area contributed by atoms with Gasteiger partial charge in [-0.3, -0.25) is 9.59 Å². The lowest BCUT2D eigenvalue weighted by Gasteiger charge is -2.38. The molecule has 1 heterocycles. The number of carboxylic acid groups (broad SMARTS) is 1. The van der Waals surface area contributed by atoms with Crippen LogP contribution in [0.25, 0.3) is 0 Å². The predicted octanol–water partition coefficient (Wildman–Crippen LogP) is 2.85. The molecule has 1 amide bonds. The molecule has 0 saturated carbocycles. The number of hydrogen-bond donors (Lipinski definition) is 1. The highest BCUT2D eigenvalue weighted by Gasteiger charge is 2.40. The van der Waals surface area contributed by atoms with E-state index < -0.39 is 11.4 Å². The van der Waals surface area contributed by atoms with Gasteiger partial charge < -0.3 is 10.0 Å². The summed E-state index contributed by atoms with van der Waals surface area (Å²) in [6, 6.07) is 4.11. The highest BCUT2D eigenvalue weighted by Crippen LogP contribution is 2.35. The first kappa shape index (κ1) is 15.5. The molecular weight excluding hydrogens is 273 g/mol. The van der Waals surface area contributed by atoms with Crippen molar-refractivity contribution in [2.75, 3.05) is 13.1 Å². The van der Waals surface area contributed by atoms with E-state index in [1.165, 1.54) is 18.2 Å². The Morgan fingerprint density at radius 2 is 1.95 bits per heavy atom. The molecule has 4 nitrogen and oxygen atoms in total. The Labute approximate surface area is 123 Å². The van der Waals surface area contributed by atoms with Gasteiger partial charge in [0.25, 0.3) is 5.91 Å². The number of halogens is 1. The third-order valence-electron chi connectivity index (χ3n) is 4.56. The Balaban J connectivity index is 2.12. The lowest BCUT2D eigenvalue weighted by molar-refractivity contribution is -0.152. The molecule has 114 valence electrons. The molecule has 1 fully saturated rings. The number of carbonyl (C=O) groups is 2. The number of carboxylic acids is 1. The Morgan fingerprint density at radius 1 is 1.33 bits per heavy atom. The van der Waals surface area contributed by atoms with Crippen LogP contribution in [0.3, 0.4) is 0 Å². The second-order valence-corrected chi connectivity index (χ2v) is 5.69. The zero-order chi connectivity index (χ0) is 15.6. The first-order valence-electron chi connectivity index (χ1n) is 7.18. The molecule has 5 heteroatoms. The van der Waals surface area contributed by atoms with Crippen molar-refractivity contribution in [2.24, 2.45) is 5.41 Å². The van der Waals surface area contributed by atoms with Crippen molar-refractivity contribution in [3.8, 4) is 0 Å². The number of benzene rings is 1. The molecule has 21 heavy (non-hydrogen) atoms. The van der Waals surface area contributed by atoms with Crippen molar-refractivity contribution in [3.63, 3.8) is 0 Å². The molecule has 0 aliphatic carbocycles. The minimum absolute atomic E-state index is 0.150. The number of piperidine rings is 1. The van der Waals surface area contributed by atoms with Crippen molar-refractivity contribution >= 4 is 11.9 Å². The second-order valence-electron chi connectivity index (χ2n) is 5.69. The highest BCUT2D eigenvalue weighted by molar-refractivity contribution is 5.95. The standard InChI is InChI=1S/C16H20FNO3/c1-3-16(15(20)21)6-8-18(9-7-16)14(19)13-5-4-12(17)10-11(13)2/h4-5,10H,3,6-9H2,1-2H3,(H,20,21). The molecule has 1 N–H and O–H groups in total. The number of likely N-dealkylation sites (tertiary alicyclic amines) is 1. The van der Waals surface area contributed by atoms with Gasteiger partial charge in [0.15, 0.2) is 0 Å². The van der Waals surface area contributed by atoms with Crippen LogP contribution in [0.1, 0.15) is 42.1 Å². The summed E-state index contributed by atoms with van der Waals surface area (Å²) in [7, 11) is 0. The van der Waals surface area contributed by atoms with Gasteiger partial charge in [-0.1, -0.05) is 6.92 Å². The lowest BCUT2D eigenvalue weighted by Crippen LogP contribution is -2.46. The molecule has 0 aromatic heterocycles. The monoisotopic (exact) mass is 293 g/mol. The van der Waals surface area contributed by atoms with Gasteiger partial charge in [0.2, 0.25) is 0 Å². The summed E-state index contributed by atoms with van der Waals surface area (Å²) in [6.07, 6.45) is 1.50. The average Bonchev–Trinajstić information content (AvgIpc) is 2.46. The van der Waals surface area contributed by atoms with Crippen LogP contribution in [0.15, 0.2) is 18.2 Å². The van der Waals surface area contributed by atoms with Crippen molar-refractivity contribution in [1.29, 1.82) is 0 Å². The summed E-state index contributed by atoms with van der Waals surface area (Å²) in [5.41, 5.74) is 0.371. The first-order chi connectivity index (χ1) is 9.89. The lowest BCUT2D eigenvalue weighted by atomic mass is 9.76. The van der Waals surface area contributed by atoms with E-state index in [1.54, 1.807) is 11.8 Å². The van der Waals surface area contributed by atoms with E-state index in [-0.39, 0.29) is 11.7 Å². The zero-order valence-electron chi connectivity index (χ0n) is 12.4. The van der Waals surface area contributed by atoms with Crippen molar-refractivity contribution in [1.82, 2.24) is 4.90 Å². The smallest absolute Gasteiger partial charge is 0.309 e. The summed E-state index contributed by atoms with van der Waals surface area (Å²) >= 11 is 0. The molecule has 1 saturated heterocycles. The van der Waals surface area contributed by atoms with E-state index in [0.717, 1.165) is 0 Å². The highest BCUT2D eigenvalue weighted by atomic mass is 19.1. The first-order valence-corrected chi connectivity index (χ1v) is 7.18. The van der Waals surface area contributed by atoms with E-state index in [4.69, 9.17) is 0 Å². The van der Waals surface area contributed by atoms with Crippen molar-refractivity contribution < 1.29 is 19.1 Å².